The predicted octanol–water partition coefficient (Wildman–Crippen LogP) is 4.73. The third-order valence-corrected chi connectivity index (χ3v) is 3.62. The zero-order valence-corrected chi connectivity index (χ0v) is 12.8. The van der Waals surface area contributed by atoms with Gasteiger partial charge in [-0.05, 0) is 35.9 Å². The fourth-order valence-corrected chi connectivity index (χ4v) is 2.63. The van der Waals surface area contributed by atoms with E-state index in [0.29, 0.717) is 17.3 Å². The molecule has 3 rings (SSSR count). The predicted molar refractivity (Wildman–Crippen MR) is 88.1 cm³/mol. The van der Waals surface area contributed by atoms with E-state index in [1.807, 2.05) is 42.5 Å². The summed E-state index contributed by atoms with van der Waals surface area (Å²) < 4.78 is 5.13. The van der Waals surface area contributed by atoms with Crippen molar-refractivity contribution in [1.82, 2.24) is 4.98 Å². The van der Waals surface area contributed by atoms with Crippen molar-refractivity contribution in [3.05, 3.63) is 65.3 Å². The minimum atomic E-state index is -0.315. The molecule has 0 N–H and O–H groups in total. The molecule has 0 aliphatic rings. The van der Waals surface area contributed by atoms with Gasteiger partial charge in [-0.1, -0.05) is 48.0 Å². The maximum absolute atomic E-state index is 12.1. The number of hydrogen-bond acceptors (Lipinski definition) is 3. The van der Waals surface area contributed by atoms with Gasteiger partial charge in [0.1, 0.15) is 5.15 Å². The smallest absolute Gasteiger partial charge is 0.338 e. The fourth-order valence-electron chi connectivity index (χ4n) is 2.47. The summed E-state index contributed by atoms with van der Waals surface area (Å²) in [6.45, 7) is 2.15. The zero-order valence-electron chi connectivity index (χ0n) is 12.0. The molecule has 0 fully saturated rings. The van der Waals surface area contributed by atoms with Gasteiger partial charge in [-0.25, -0.2) is 9.78 Å². The van der Waals surface area contributed by atoms with E-state index < -0.39 is 0 Å². The molecule has 3 aromatic rings. The molecule has 0 bridgehead atoms. The van der Waals surface area contributed by atoms with Crippen LogP contribution in [0.5, 0.6) is 0 Å². The summed E-state index contributed by atoms with van der Waals surface area (Å²) in [5.74, 6) is -0.315. The number of rotatable bonds is 3. The summed E-state index contributed by atoms with van der Waals surface area (Å²) in [5.41, 5.74) is 2.27. The molecule has 1 aromatic heterocycles. The molecule has 0 unspecified atom stereocenters. The average molecular weight is 312 g/mol. The van der Waals surface area contributed by atoms with Gasteiger partial charge in [0.25, 0.3) is 0 Å². The third kappa shape index (κ3) is 2.68. The molecule has 3 nitrogen and oxygen atoms in total. The highest BCUT2D eigenvalue weighted by molar-refractivity contribution is 6.29. The van der Waals surface area contributed by atoms with E-state index in [4.69, 9.17) is 16.3 Å². The minimum absolute atomic E-state index is 0.315. The van der Waals surface area contributed by atoms with Crippen LogP contribution in [0.25, 0.3) is 22.0 Å². The molecule has 2 aromatic carbocycles. The molecular formula is C18H14ClNO2. The van der Waals surface area contributed by atoms with Gasteiger partial charge < -0.3 is 4.74 Å². The van der Waals surface area contributed by atoms with E-state index >= 15 is 0 Å². The average Bonchev–Trinajstić information content (AvgIpc) is 2.54. The van der Waals surface area contributed by atoms with Crippen LogP contribution in [0.3, 0.4) is 0 Å². The Balaban J connectivity index is 2.22. The molecule has 0 saturated heterocycles. The highest BCUT2D eigenvalue weighted by Gasteiger charge is 2.14. The number of nitrogens with zero attached hydrogens (tertiary/aromatic N) is 1. The van der Waals surface area contributed by atoms with Crippen molar-refractivity contribution in [2.45, 2.75) is 6.92 Å². The van der Waals surface area contributed by atoms with Crippen molar-refractivity contribution < 1.29 is 9.53 Å². The minimum Gasteiger partial charge on any atom is -0.462 e. The van der Waals surface area contributed by atoms with Gasteiger partial charge in [-0.2, -0.15) is 0 Å². The van der Waals surface area contributed by atoms with Crippen molar-refractivity contribution >= 4 is 28.3 Å². The Morgan fingerprint density at radius 3 is 2.55 bits per heavy atom. The number of ether oxygens (including phenoxy) is 1. The number of benzene rings is 2. The Morgan fingerprint density at radius 1 is 1.05 bits per heavy atom. The number of carbonyl (C=O) groups is 1. The quantitative estimate of drug-likeness (QED) is 0.518. The van der Waals surface area contributed by atoms with Crippen molar-refractivity contribution in [2.75, 3.05) is 6.61 Å². The lowest BCUT2D eigenvalue weighted by Gasteiger charge is -2.10. The van der Waals surface area contributed by atoms with Gasteiger partial charge in [0.15, 0.2) is 0 Å². The number of aromatic nitrogens is 1. The molecule has 4 heteroatoms. The summed E-state index contributed by atoms with van der Waals surface area (Å²) in [4.78, 5) is 16.5. The second kappa shape index (κ2) is 6.16. The largest absolute Gasteiger partial charge is 0.462 e. The Morgan fingerprint density at radius 2 is 1.82 bits per heavy atom. The topological polar surface area (TPSA) is 39.2 Å². The van der Waals surface area contributed by atoms with Crippen molar-refractivity contribution in [2.24, 2.45) is 0 Å². The first kappa shape index (κ1) is 14.5. The SMILES string of the molecule is CCOC(=O)c1ccc(-c2cccc(Cl)n2)c2ccccc12. The molecule has 0 aliphatic heterocycles. The fraction of sp³-hybridized carbons (Fsp3) is 0.111. The summed E-state index contributed by atoms with van der Waals surface area (Å²) in [6, 6.07) is 16.9. The normalized spacial score (nSPS) is 10.6. The number of esters is 1. The van der Waals surface area contributed by atoms with Crippen molar-refractivity contribution in [3.8, 4) is 11.3 Å². The first-order valence-corrected chi connectivity index (χ1v) is 7.40. The monoisotopic (exact) mass is 311 g/mol. The number of carbonyl (C=O) groups excluding carboxylic acids is 1. The first-order chi connectivity index (χ1) is 10.7. The van der Waals surface area contributed by atoms with E-state index in [9.17, 15) is 4.79 Å². The van der Waals surface area contributed by atoms with Crippen molar-refractivity contribution in [3.63, 3.8) is 0 Å². The van der Waals surface area contributed by atoms with Crippen molar-refractivity contribution in [1.29, 1.82) is 0 Å². The lowest BCUT2D eigenvalue weighted by molar-refractivity contribution is 0.0528. The molecule has 0 spiro atoms. The number of halogens is 1. The Kier molecular flexibility index (Phi) is 4.07. The maximum atomic E-state index is 12.1. The summed E-state index contributed by atoms with van der Waals surface area (Å²) in [5, 5.41) is 2.24. The van der Waals surface area contributed by atoms with E-state index in [0.717, 1.165) is 22.0 Å². The lowest BCUT2D eigenvalue weighted by atomic mass is 9.97. The van der Waals surface area contributed by atoms with E-state index in [2.05, 4.69) is 4.98 Å². The third-order valence-electron chi connectivity index (χ3n) is 3.41. The second-order valence-electron chi connectivity index (χ2n) is 4.77. The van der Waals surface area contributed by atoms with E-state index in [1.165, 1.54) is 0 Å². The van der Waals surface area contributed by atoms with Gasteiger partial charge in [0.05, 0.1) is 17.9 Å². The molecule has 0 radical (unpaired) electrons. The van der Waals surface area contributed by atoms with E-state index in [1.54, 1.807) is 19.1 Å². The number of hydrogen-bond donors (Lipinski definition) is 0. The molecule has 0 amide bonds. The van der Waals surface area contributed by atoms with Crippen LogP contribution in [-0.4, -0.2) is 17.6 Å². The highest BCUT2D eigenvalue weighted by Crippen LogP contribution is 2.30. The Hall–Kier alpha value is -2.39. The van der Waals surface area contributed by atoms with Gasteiger partial charge >= 0.3 is 5.97 Å². The standard InChI is InChI=1S/C18H14ClNO2/c1-2-22-18(21)15-11-10-14(12-6-3-4-7-13(12)15)16-8-5-9-17(19)20-16/h3-11H,2H2,1H3. The van der Waals surface area contributed by atoms with Crippen LogP contribution in [-0.2, 0) is 4.74 Å². The molecule has 110 valence electrons. The van der Waals surface area contributed by atoms with E-state index in [-0.39, 0.29) is 5.97 Å². The zero-order chi connectivity index (χ0) is 15.5. The van der Waals surface area contributed by atoms with Crippen LogP contribution in [0, 0.1) is 0 Å². The lowest BCUT2D eigenvalue weighted by Crippen LogP contribution is -2.05. The molecule has 1 heterocycles. The van der Waals surface area contributed by atoms with Crippen LogP contribution >= 0.6 is 11.6 Å². The summed E-state index contributed by atoms with van der Waals surface area (Å²) >= 11 is 5.98. The molecule has 0 atom stereocenters. The molecule has 0 aliphatic carbocycles. The molecule has 0 saturated carbocycles. The maximum Gasteiger partial charge on any atom is 0.338 e. The highest BCUT2D eigenvalue weighted by atomic mass is 35.5. The second-order valence-corrected chi connectivity index (χ2v) is 5.16. The van der Waals surface area contributed by atoms with Gasteiger partial charge in [0, 0.05) is 5.56 Å². The molecular weight excluding hydrogens is 298 g/mol. The summed E-state index contributed by atoms with van der Waals surface area (Å²) in [6.07, 6.45) is 0. The van der Waals surface area contributed by atoms with Crippen LogP contribution in [0.1, 0.15) is 17.3 Å². The number of pyridine rings is 1. The Bertz CT molecular complexity index is 845. The van der Waals surface area contributed by atoms with Crippen LogP contribution in [0.4, 0.5) is 0 Å². The Labute approximate surface area is 133 Å². The van der Waals surface area contributed by atoms with Crippen LogP contribution in [0.2, 0.25) is 5.15 Å². The van der Waals surface area contributed by atoms with Crippen LogP contribution < -0.4 is 0 Å². The van der Waals surface area contributed by atoms with Gasteiger partial charge in [-0.15, -0.1) is 0 Å². The van der Waals surface area contributed by atoms with Gasteiger partial charge in [-0.3, -0.25) is 0 Å². The number of fused-ring (bicyclic) bond motifs is 1. The van der Waals surface area contributed by atoms with Gasteiger partial charge in [0.2, 0.25) is 0 Å². The summed E-state index contributed by atoms with van der Waals surface area (Å²) in [7, 11) is 0. The first-order valence-electron chi connectivity index (χ1n) is 7.02. The molecule has 22 heavy (non-hydrogen) atoms. The van der Waals surface area contributed by atoms with Crippen LogP contribution in [0.15, 0.2) is 54.6 Å².